The fraction of sp³-hybridized carbons (Fsp3) is 0.200. The summed E-state index contributed by atoms with van der Waals surface area (Å²) in [5, 5.41) is 7.21. The highest BCUT2D eigenvalue weighted by Crippen LogP contribution is 2.36. The predicted octanol–water partition coefficient (Wildman–Crippen LogP) is 1.61. The molecule has 0 aromatic heterocycles. The largest absolute Gasteiger partial charge is 0.454 e. The van der Waals surface area contributed by atoms with Crippen LogP contribution in [0.4, 0.5) is 0 Å². The van der Waals surface area contributed by atoms with Crippen LogP contribution in [0, 0.1) is 0 Å². The Morgan fingerprint density at radius 1 is 1.47 bits per heavy atom. The molecule has 1 aliphatic heterocycles. The van der Waals surface area contributed by atoms with Gasteiger partial charge in [0.15, 0.2) is 16.6 Å². The lowest BCUT2D eigenvalue weighted by Crippen LogP contribution is -2.28. The Morgan fingerprint density at radius 2 is 2.18 bits per heavy atom. The Bertz CT molecular complexity index is 479. The maximum absolute atomic E-state index is 5.28. The molecule has 1 aromatic rings. The summed E-state index contributed by atoms with van der Waals surface area (Å²) in [6, 6.07) is 3.69. The lowest BCUT2D eigenvalue weighted by Gasteiger charge is -2.02. The van der Waals surface area contributed by atoms with Crippen molar-refractivity contribution in [3.63, 3.8) is 0 Å². The summed E-state index contributed by atoms with van der Waals surface area (Å²) in [6.07, 6.45) is 1.65. The third-order valence-corrected chi connectivity index (χ3v) is 3.07. The average molecular weight is 316 g/mol. The van der Waals surface area contributed by atoms with E-state index in [2.05, 4.69) is 31.8 Å². The number of benzene rings is 1. The first-order valence-electron chi connectivity index (χ1n) is 4.80. The summed E-state index contributed by atoms with van der Waals surface area (Å²) < 4.78 is 11.4. The smallest absolute Gasteiger partial charge is 0.231 e. The van der Waals surface area contributed by atoms with Gasteiger partial charge in [0.05, 0.1) is 6.21 Å². The number of ether oxygens (including phenoxy) is 2. The van der Waals surface area contributed by atoms with Gasteiger partial charge in [-0.25, -0.2) is 0 Å². The highest BCUT2D eigenvalue weighted by molar-refractivity contribution is 9.10. The monoisotopic (exact) mass is 315 g/mol. The van der Waals surface area contributed by atoms with Gasteiger partial charge in [-0.15, -0.1) is 0 Å². The van der Waals surface area contributed by atoms with Gasteiger partial charge in [0.1, 0.15) is 0 Å². The average Bonchev–Trinajstić information content (AvgIpc) is 2.76. The second-order valence-electron chi connectivity index (χ2n) is 3.18. The van der Waals surface area contributed by atoms with Gasteiger partial charge in [0, 0.05) is 17.1 Å². The van der Waals surface area contributed by atoms with E-state index in [9.17, 15) is 0 Å². The van der Waals surface area contributed by atoms with Crippen LogP contribution in [-0.2, 0) is 0 Å². The SMILES string of the molecule is CNC(=S)N/N=C/c1cc2c(cc1Br)OCO2. The second kappa shape index (κ2) is 5.33. The number of rotatable bonds is 2. The number of nitrogens with zero attached hydrogens (tertiary/aromatic N) is 1. The van der Waals surface area contributed by atoms with E-state index >= 15 is 0 Å². The first kappa shape index (κ1) is 12.1. The van der Waals surface area contributed by atoms with E-state index in [1.54, 1.807) is 13.3 Å². The normalized spacial score (nSPS) is 12.8. The highest BCUT2D eigenvalue weighted by Gasteiger charge is 2.15. The van der Waals surface area contributed by atoms with Gasteiger partial charge >= 0.3 is 0 Å². The first-order chi connectivity index (χ1) is 8.20. The van der Waals surface area contributed by atoms with E-state index < -0.39 is 0 Å². The van der Waals surface area contributed by atoms with Crippen LogP contribution in [0.1, 0.15) is 5.56 Å². The third-order valence-electron chi connectivity index (χ3n) is 2.09. The Kier molecular flexibility index (Phi) is 3.80. The van der Waals surface area contributed by atoms with Crippen LogP contribution in [0.15, 0.2) is 21.7 Å². The number of hydrazone groups is 1. The third kappa shape index (κ3) is 2.86. The zero-order valence-corrected chi connectivity index (χ0v) is 11.4. The van der Waals surface area contributed by atoms with Crippen molar-refractivity contribution in [1.29, 1.82) is 0 Å². The van der Waals surface area contributed by atoms with Crippen molar-refractivity contribution in [3.8, 4) is 11.5 Å². The molecule has 1 aliphatic rings. The van der Waals surface area contributed by atoms with Crippen LogP contribution < -0.4 is 20.2 Å². The molecule has 0 bridgehead atoms. The van der Waals surface area contributed by atoms with Crippen LogP contribution in [0.25, 0.3) is 0 Å². The molecule has 90 valence electrons. The standard InChI is InChI=1S/C10H10BrN3O2S/c1-12-10(17)14-13-4-6-2-8-9(3-7(6)11)16-5-15-8/h2-4H,5H2,1H3,(H2,12,14,17)/b13-4+. The molecule has 0 saturated heterocycles. The Hall–Kier alpha value is -1.34. The molecule has 1 heterocycles. The lowest BCUT2D eigenvalue weighted by molar-refractivity contribution is 0.174. The van der Waals surface area contributed by atoms with Gasteiger partial charge in [-0.3, -0.25) is 5.43 Å². The minimum Gasteiger partial charge on any atom is -0.454 e. The topological polar surface area (TPSA) is 54.9 Å². The van der Waals surface area contributed by atoms with Crippen molar-refractivity contribution in [3.05, 3.63) is 22.2 Å². The van der Waals surface area contributed by atoms with Gasteiger partial charge in [-0.1, -0.05) is 0 Å². The fourth-order valence-corrected chi connectivity index (χ4v) is 1.73. The zero-order chi connectivity index (χ0) is 12.3. The molecule has 0 spiro atoms. The lowest BCUT2D eigenvalue weighted by atomic mass is 10.2. The Balaban J connectivity index is 2.13. The van der Waals surface area contributed by atoms with Gasteiger partial charge in [-0.2, -0.15) is 5.10 Å². The van der Waals surface area contributed by atoms with Gasteiger partial charge in [-0.05, 0) is 40.3 Å². The number of hydrogen-bond donors (Lipinski definition) is 2. The van der Waals surface area contributed by atoms with Crippen LogP contribution in [-0.4, -0.2) is 25.2 Å². The maximum atomic E-state index is 5.28. The van der Waals surface area contributed by atoms with Crippen molar-refractivity contribution in [2.75, 3.05) is 13.8 Å². The molecule has 1 aromatic carbocycles. The molecule has 0 radical (unpaired) electrons. The minimum absolute atomic E-state index is 0.254. The Morgan fingerprint density at radius 3 is 2.88 bits per heavy atom. The summed E-state index contributed by atoms with van der Waals surface area (Å²) in [7, 11) is 1.72. The van der Waals surface area contributed by atoms with Crippen molar-refractivity contribution >= 4 is 39.5 Å². The van der Waals surface area contributed by atoms with Crippen LogP contribution >= 0.6 is 28.1 Å². The molecule has 2 N–H and O–H groups in total. The highest BCUT2D eigenvalue weighted by atomic mass is 79.9. The van der Waals surface area contributed by atoms with Crippen molar-refractivity contribution in [1.82, 2.24) is 10.7 Å². The molecular formula is C10H10BrN3O2S. The number of halogens is 1. The van der Waals surface area contributed by atoms with Crippen LogP contribution in [0.3, 0.4) is 0 Å². The molecule has 17 heavy (non-hydrogen) atoms. The van der Waals surface area contributed by atoms with Gasteiger partial charge < -0.3 is 14.8 Å². The van der Waals surface area contributed by atoms with Gasteiger partial charge in [0.2, 0.25) is 6.79 Å². The minimum atomic E-state index is 0.254. The van der Waals surface area contributed by atoms with E-state index in [1.165, 1.54) is 0 Å². The molecular weight excluding hydrogens is 306 g/mol. The van der Waals surface area contributed by atoms with Crippen LogP contribution in [0.2, 0.25) is 0 Å². The number of nitrogens with one attached hydrogen (secondary N) is 2. The van der Waals surface area contributed by atoms with Crippen molar-refractivity contribution in [2.24, 2.45) is 5.10 Å². The van der Waals surface area contributed by atoms with Gasteiger partial charge in [0.25, 0.3) is 0 Å². The number of fused-ring (bicyclic) bond motifs is 1. The summed E-state index contributed by atoms with van der Waals surface area (Å²) >= 11 is 8.32. The van der Waals surface area contributed by atoms with E-state index in [1.807, 2.05) is 12.1 Å². The zero-order valence-electron chi connectivity index (χ0n) is 8.99. The molecule has 5 nitrogen and oxygen atoms in total. The van der Waals surface area contributed by atoms with E-state index in [-0.39, 0.29) is 6.79 Å². The summed E-state index contributed by atoms with van der Waals surface area (Å²) in [5.41, 5.74) is 3.55. The quantitative estimate of drug-likeness (QED) is 0.493. The van der Waals surface area contributed by atoms with Crippen molar-refractivity contribution in [2.45, 2.75) is 0 Å². The van der Waals surface area contributed by atoms with Crippen molar-refractivity contribution < 1.29 is 9.47 Å². The molecule has 2 rings (SSSR count). The number of hydrogen-bond acceptors (Lipinski definition) is 4. The molecule has 0 unspecified atom stereocenters. The summed E-state index contributed by atoms with van der Waals surface area (Å²) in [5.74, 6) is 1.44. The summed E-state index contributed by atoms with van der Waals surface area (Å²) in [6.45, 7) is 0.254. The molecule has 0 saturated carbocycles. The van der Waals surface area contributed by atoms with E-state index in [0.717, 1.165) is 15.8 Å². The van der Waals surface area contributed by atoms with E-state index in [0.29, 0.717) is 10.9 Å². The molecule has 0 amide bonds. The summed E-state index contributed by atoms with van der Waals surface area (Å²) in [4.78, 5) is 0. The fourth-order valence-electron chi connectivity index (χ4n) is 1.25. The number of thiocarbonyl (C=S) groups is 1. The van der Waals surface area contributed by atoms with Crippen LogP contribution in [0.5, 0.6) is 11.5 Å². The molecule has 7 heteroatoms. The maximum Gasteiger partial charge on any atom is 0.231 e. The Labute approximate surface area is 112 Å². The first-order valence-corrected chi connectivity index (χ1v) is 6.01. The molecule has 0 atom stereocenters. The van der Waals surface area contributed by atoms with E-state index in [4.69, 9.17) is 21.7 Å². The second-order valence-corrected chi connectivity index (χ2v) is 4.44. The molecule has 0 aliphatic carbocycles. The molecule has 0 fully saturated rings. The predicted molar refractivity (Wildman–Crippen MR) is 72.7 cm³/mol.